The summed E-state index contributed by atoms with van der Waals surface area (Å²) < 4.78 is 11.1. The maximum absolute atomic E-state index is 5.72. The third-order valence-corrected chi connectivity index (χ3v) is 3.54. The van der Waals surface area contributed by atoms with Crippen LogP contribution in [-0.2, 0) is 17.8 Å². The molecular weight excluding hydrogens is 254 g/mol. The lowest BCUT2D eigenvalue weighted by Crippen LogP contribution is -2.39. The van der Waals surface area contributed by atoms with E-state index in [9.17, 15) is 0 Å². The van der Waals surface area contributed by atoms with Crippen molar-refractivity contribution >= 4 is 0 Å². The Labute approximate surface area is 121 Å². The highest BCUT2D eigenvalue weighted by molar-refractivity contribution is 5.05. The van der Waals surface area contributed by atoms with Gasteiger partial charge in [-0.2, -0.15) is 0 Å². The monoisotopic (exact) mass is 281 g/mol. The second kappa shape index (κ2) is 7.76. The van der Waals surface area contributed by atoms with E-state index in [2.05, 4.69) is 42.2 Å². The normalized spacial score (nSPS) is 20.7. The Bertz CT molecular complexity index is 390. The van der Waals surface area contributed by atoms with Gasteiger partial charge in [0.25, 0.3) is 0 Å². The number of nitrogens with one attached hydrogen (secondary N) is 1. The van der Waals surface area contributed by atoms with Crippen LogP contribution < -0.4 is 5.32 Å². The fraction of sp³-hybridized carbons (Fsp3) is 0.800. The van der Waals surface area contributed by atoms with E-state index in [1.807, 2.05) is 0 Å². The van der Waals surface area contributed by atoms with E-state index in [0.29, 0.717) is 12.1 Å². The van der Waals surface area contributed by atoms with Gasteiger partial charge in [0, 0.05) is 31.8 Å². The highest BCUT2D eigenvalue weighted by Crippen LogP contribution is 2.16. The molecule has 5 heteroatoms. The number of aromatic nitrogens is 1. The number of piperidine rings is 1. The van der Waals surface area contributed by atoms with Gasteiger partial charge in [0.1, 0.15) is 0 Å². The summed E-state index contributed by atoms with van der Waals surface area (Å²) in [5, 5.41) is 7.46. The lowest BCUT2D eigenvalue weighted by molar-refractivity contribution is 0.00156. The molecule has 1 aliphatic heterocycles. The summed E-state index contributed by atoms with van der Waals surface area (Å²) in [6.07, 6.45) is 2.74. The average molecular weight is 281 g/mol. The van der Waals surface area contributed by atoms with E-state index in [1.165, 1.54) is 12.8 Å². The summed E-state index contributed by atoms with van der Waals surface area (Å²) in [7, 11) is 0. The first-order valence-electron chi connectivity index (χ1n) is 7.69. The number of likely N-dealkylation sites (tertiary alicyclic amines) is 1. The Morgan fingerprint density at radius 2 is 2.40 bits per heavy atom. The molecule has 0 aliphatic carbocycles. The summed E-state index contributed by atoms with van der Waals surface area (Å²) in [5.41, 5.74) is 0.979. The van der Waals surface area contributed by atoms with Crippen molar-refractivity contribution in [1.82, 2.24) is 15.4 Å². The number of ether oxygens (including phenoxy) is 1. The zero-order chi connectivity index (χ0) is 14.4. The first-order valence-corrected chi connectivity index (χ1v) is 7.69. The fourth-order valence-corrected chi connectivity index (χ4v) is 2.57. The van der Waals surface area contributed by atoms with E-state index in [1.54, 1.807) is 0 Å². The molecule has 1 atom stereocenters. The second-order valence-electron chi connectivity index (χ2n) is 5.77. The minimum Gasteiger partial charge on any atom is -0.377 e. The van der Waals surface area contributed by atoms with Gasteiger partial charge in [0.05, 0.1) is 18.3 Å². The van der Waals surface area contributed by atoms with Gasteiger partial charge in [-0.15, -0.1) is 0 Å². The quantitative estimate of drug-likeness (QED) is 0.830. The minimum atomic E-state index is 0.374. The molecule has 1 fully saturated rings. The molecule has 1 aromatic rings. The molecule has 0 bridgehead atoms. The Balaban J connectivity index is 1.80. The highest BCUT2D eigenvalue weighted by Gasteiger charge is 2.21. The molecule has 114 valence electrons. The van der Waals surface area contributed by atoms with E-state index < -0.39 is 0 Å². The van der Waals surface area contributed by atoms with Gasteiger partial charge in [-0.25, -0.2) is 0 Å². The molecule has 1 unspecified atom stereocenters. The van der Waals surface area contributed by atoms with Crippen LogP contribution in [0.1, 0.15) is 45.1 Å². The van der Waals surface area contributed by atoms with Gasteiger partial charge in [-0.3, -0.25) is 4.90 Å². The van der Waals surface area contributed by atoms with Crippen molar-refractivity contribution in [2.24, 2.45) is 0 Å². The standard InChI is InChI=1S/C15H27N3O2/c1-4-19-14-6-5-7-18(10-14)11-15-8-13(17-20-15)9-16-12(2)3/h8,12,14,16H,4-7,9-11H2,1-3H3. The highest BCUT2D eigenvalue weighted by atomic mass is 16.5. The molecule has 2 rings (SSSR count). The van der Waals surface area contributed by atoms with Crippen molar-refractivity contribution in [3.8, 4) is 0 Å². The third-order valence-electron chi connectivity index (χ3n) is 3.54. The van der Waals surface area contributed by atoms with Crippen LogP contribution in [0.3, 0.4) is 0 Å². The van der Waals surface area contributed by atoms with Crippen LogP contribution in [-0.4, -0.2) is 41.9 Å². The van der Waals surface area contributed by atoms with Gasteiger partial charge < -0.3 is 14.6 Å². The molecule has 0 amide bonds. The Morgan fingerprint density at radius 1 is 1.55 bits per heavy atom. The van der Waals surface area contributed by atoms with E-state index >= 15 is 0 Å². The summed E-state index contributed by atoms with van der Waals surface area (Å²) in [6.45, 7) is 10.8. The Kier molecular flexibility index (Phi) is 6.01. The largest absolute Gasteiger partial charge is 0.377 e. The van der Waals surface area contributed by atoms with Crippen LogP contribution in [0.2, 0.25) is 0 Å². The summed E-state index contributed by atoms with van der Waals surface area (Å²) in [6, 6.07) is 2.52. The minimum absolute atomic E-state index is 0.374. The summed E-state index contributed by atoms with van der Waals surface area (Å²) in [4.78, 5) is 2.39. The van der Waals surface area contributed by atoms with Gasteiger partial charge in [-0.1, -0.05) is 19.0 Å². The fourth-order valence-electron chi connectivity index (χ4n) is 2.57. The maximum Gasteiger partial charge on any atom is 0.151 e. The van der Waals surface area contributed by atoms with Crippen molar-refractivity contribution in [2.45, 2.75) is 58.8 Å². The second-order valence-corrected chi connectivity index (χ2v) is 5.77. The average Bonchev–Trinajstić information content (AvgIpc) is 2.85. The maximum atomic E-state index is 5.72. The topological polar surface area (TPSA) is 50.5 Å². The third kappa shape index (κ3) is 4.89. The molecule has 2 heterocycles. The zero-order valence-electron chi connectivity index (χ0n) is 12.9. The van der Waals surface area contributed by atoms with Gasteiger partial charge >= 0.3 is 0 Å². The van der Waals surface area contributed by atoms with Gasteiger partial charge in [0.2, 0.25) is 0 Å². The predicted octanol–water partition coefficient (Wildman–Crippen LogP) is 2.17. The molecule has 0 aromatic carbocycles. The number of nitrogens with zero attached hydrogens (tertiary/aromatic N) is 2. The number of hydrogen-bond acceptors (Lipinski definition) is 5. The lowest BCUT2D eigenvalue weighted by atomic mass is 10.1. The van der Waals surface area contributed by atoms with Crippen molar-refractivity contribution in [1.29, 1.82) is 0 Å². The molecule has 5 nitrogen and oxygen atoms in total. The van der Waals surface area contributed by atoms with Crippen LogP contribution in [0.15, 0.2) is 10.6 Å². The van der Waals surface area contributed by atoms with Crippen molar-refractivity contribution < 1.29 is 9.26 Å². The zero-order valence-corrected chi connectivity index (χ0v) is 12.9. The van der Waals surface area contributed by atoms with E-state index in [0.717, 1.165) is 44.2 Å². The summed E-state index contributed by atoms with van der Waals surface area (Å²) in [5.74, 6) is 0.947. The lowest BCUT2D eigenvalue weighted by Gasteiger charge is -2.31. The van der Waals surface area contributed by atoms with Gasteiger partial charge in [-0.05, 0) is 26.3 Å². The Morgan fingerprint density at radius 3 is 3.15 bits per heavy atom. The Hall–Kier alpha value is -0.910. The van der Waals surface area contributed by atoms with Crippen molar-refractivity contribution in [3.63, 3.8) is 0 Å². The van der Waals surface area contributed by atoms with Crippen LogP contribution in [0, 0.1) is 0 Å². The molecular formula is C15H27N3O2. The van der Waals surface area contributed by atoms with E-state index in [4.69, 9.17) is 9.26 Å². The molecule has 1 saturated heterocycles. The predicted molar refractivity (Wildman–Crippen MR) is 78.4 cm³/mol. The molecule has 1 N–H and O–H groups in total. The first kappa shape index (κ1) is 15.5. The summed E-state index contributed by atoms with van der Waals surface area (Å²) >= 11 is 0. The molecule has 0 spiro atoms. The van der Waals surface area contributed by atoms with Crippen LogP contribution in [0.5, 0.6) is 0 Å². The molecule has 1 aliphatic rings. The van der Waals surface area contributed by atoms with Gasteiger partial charge in [0.15, 0.2) is 5.76 Å². The smallest absolute Gasteiger partial charge is 0.151 e. The SMILES string of the molecule is CCOC1CCCN(Cc2cc(CNC(C)C)no2)C1. The van der Waals surface area contributed by atoms with Crippen molar-refractivity contribution in [3.05, 3.63) is 17.5 Å². The van der Waals surface area contributed by atoms with E-state index in [-0.39, 0.29) is 0 Å². The number of rotatable bonds is 7. The van der Waals surface area contributed by atoms with Crippen molar-refractivity contribution in [2.75, 3.05) is 19.7 Å². The van der Waals surface area contributed by atoms with Crippen LogP contribution in [0.25, 0.3) is 0 Å². The molecule has 0 saturated carbocycles. The first-order chi connectivity index (χ1) is 9.67. The van der Waals surface area contributed by atoms with Crippen LogP contribution in [0.4, 0.5) is 0 Å². The van der Waals surface area contributed by atoms with Crippen LogP contribution >= 0.6 is 0 Å². The molecule has 20 heavy (non-hydrogen) atoms. The molecule has 1 aromatic heterocycles. The molecule has 0 radical (unpaired) electrons. The number of hydrogen-bond donors (Lipinski definition) is 1.